The second-order valence-corrected chi connectivity index (χ2v) is 6.46. The number of hydrogen-bond donors (Lipinski definition) is 3. The number of aliphatic hydroxyl groups excluding tert-OH is 1. The molecule has 2 aromatic rings. The maximum atomic E-state index is 12.7. The fourth-order valence-electron chi connectivity index (χ4n) is 2.52. The van der Waals surface area contributed by atoms with Crippen molar-refractivity contribution in [2.75, 3.05) is 13.2 Å². The summed E-state index contributed by atoms with van der Waals surface area (Å²) >= 11 is 0. The quantitative estimate of drug-likeness (QED) is 0.597. The topological polar surface area (TPSA) is 84.6 Å². The summed E-state index contributed by atoms with van der Waals surface area (Å²) in [6.07, 6.45) is -5.56. The van der Waals surface area contributed by atoms with Gasteiger partial charge >= 0.3 is 6.18 Å². The van der Waals surface area contributed by atoms with Gasteiger partial charge < -0.3 is 20.9 Å². The van der Waals surface area contributed by atoms with E-state index in [-0.39, 0.29) is 37.2 Å². The molecule has 0 radical (unpaired) electrons. The van der Waals surface area contributed by atoms with Crippen molar-refractivity contribution in [2.45, 2.75) is 25.2 Å². The van der Waals surface area contributed by atoms with Gasteiger partial charge in [0, 0.05) is 12.6 Å². The molecule has 3 atom stereocenters. The Hall–Kier alpha value is -2.29. The summed E-state index contributed by atoms with van der Waals surface area (Å²) in [6.45, 7) is 1.31. The Kier molecular flexibility index (Phi) is 9.42. The zero-order chi connectivity index (χ0) is 20.7. The fourth-order valence-corrected chi connectivity index (χ4v) is 2.52. The monoisotopic (exact) mass is 432 g/mol. The molecular formula is C20H24ClF3N2O3. The van der Waals surface area contributed by atoms with E-state index < -0.39 is 29.8 Å². The van der Waals surface area contributed by atoms with E-state index in [9.17, 15) is 23.1 Å². The number of carbonyl (C=O) groups is 1. The maximum Gasteiger partial charge on any atom is 0.416 e. The molecule has 3 unspecified atom stereocenters. The molecule has 4 N–H and O–H groups in total. The lowest BCUT2D eigenvalue weighted by molar-refractivity contribution is -0.137. The molecule has 0 aromatic heterocycles. The van der Waals surface area contributed by atoms with Gasteiger partial charge in [0.15, 0.2) is 0 Å². The van der Waals surface area contributed by atoms with Gasteiger partial charge in [-0.25, -0.2) is 0 Å². The Morgan fingerprint density at radius 1 is 1.17 bits per heavy atom. The standard InChI is InChI=1S/C20H23F3N2O3.ClH/c1-13(18(24)14-6-3-2-4-7-14)19(27)25-11-16(26)12-28-17-9-5-8-15(10-17)20(21,22)23;/h2-10,13,16,18,26H,11-12,24H2,1H3,(H,25,27);1H. The van der Waals surface area contributed by atoms with Gasteiger partial charge in [0.1, 0.15) is 18.5 Å². The molecule has 1 amide bonds. The smallest absolute Gasteiger partial charge is 0.416 e. The largest absolute Gasteiger partial charge is 0.491 e. The summed E-state index contributed by atoms with van der Waals surface area (Å²) in [5.41, 5.74) is 6.07. The van der Waals surface area contributed by atoms with Gasteiger partial charge in [-0.1, -0.05) is 43.3 Å². The van der Waals surface area contributed by atoms with E-state index in [2.05, 4.69) is 5.32 Å². The average Bonchev–Trinajstić information content (AvgIpc) is 2.69. The molecule has 0 heterocycles. The number of rotatable bonds is 8. The normalized spacial score (nSPS) is 14.3. The Balaban J connectivity index is 0.00000420. The molecule has 0 aliphatic carbocycles. The first-order valence-electron chi connectivity index (χ1n) is 8.75. The Labute approximate surface area is 173 Å². The van der Waals surface area contributed by atoms with Crippen LogP contribution in [0.3, 0.4) is 0 Å². The van der Waals surface area contributed by atoms with Gasteiger partial charge in [0.05, 0.1) is 11.5 Å². The first kappa shape index (κ1) is 24.7. The number of aliphatic hydroxyl groups is 1. The number of benzene rings is 2. The van der Waals surface area contributed by atoms with Gasteiger partial charge in [-0.05, 0) is 23.8 Å². The molecule has 0 spiro atoms. The first-order chi connectivity index (χ1) is 13.2. The zero-order valence-corrected chi connectivity index (χ0v) is 16.5. The number of hydrogen-bond acceptors (Lipinski definition) is 4. The highest BCUT2D eigenvalue weighted by molar-refractivity contribution is 5.85. The summed E-state index contributed by atoms with van der Waals surface area (Å²) in [6, 6.07) is 13.0. The number of nitrogens with two attached hydrogens (primary N) is 1. The van der Waals surface area contributed by atoms with Crippen LogP contribution in [-0.4, -0.2) is 30.3 Å². The predicted molar refractivity (Wildman–Crippen MR) is 106 cm³/mol. The van der Waals surface area contributed by atoms with Crippen LogP contribution in [0.2, 0.25) is 0 Å². The van der Waals surface area contributed by atoms with Crippen LogP contribution in [0.1, 0.15) is 24.1 Å². The minimum Gasteiger partial charge on any atom is -0.491 e. The number of alkyl halides is 3. The summed E-state index contributed by atoms with van der Waals surface area (Å²) in [7, 11) is 0. The number of halogens is 4. The maximum absolute atomic E-state index is 12.7. The van der Waals surface area contributed by atoms with Gasteiger partial charge in [0.25, 0.3) is 0 Å². The van der Waals surface area contributed by atoms with Gasteiger partial charge in [-0.15, -0.1) is 12.4 Å². The van der Waals surface area contributed by atoms with Gasteiger partial charge in [-0.2, -0.15) is 13.2 Å². The summed E-state index contributed by atoms with van der Waals surface area (Å²) in [5, 5.41) is 12.5. The molecule has 0 bridgehead atoms. The molecule has 0 fully saturated rings. The Bertz CT molecular complexity index is 775. The van der Waals surface area contributed by atoms with Crippen LogP contribution in [0.5, 0.6) is 5.75 Å². The van der Waals surface area contributed by atoms with E-state index in [1.807, 2.05) is 30.3 Å². The van der Waals surface area contributed by atoms with E-state index in [1.54, 1.807) is 6.92 Å². The van der Waals surface area contributed by atoms with Crippen molar-refractivity contribution < 1.29 is 27.8 Å². The van der Waals surface area contributed by atoms with Crippen LogP contribution < -0.4 is 15.8 Å². The van der Waals surface area contributed by atoms with Crippen LogP contribution in [-0.2, 0) is 11.0 Å². The van der Waals surface area contributed by atoms with Crippen LogP contribution in [0.25, 0.3) is 0 Å². The van der Waals surface area contributed by atoms with E-state index in [4.69, 9.17) is 10.5 Å². The highest BCUT2D eigenvalue weighted by atomic mass is 35.5. The molecule has 0 saturated carbocycles. The third-order valence-corrected chi connectivity index (χ3v) is 4.25. The first-order valence-corrected chi connectivity index (χ1v) is 8.75. The lowest BCUT2D eigenvalue weighted by Gasteiger charge is -2.21. The summed E-state index contributed by atoms with van der Waals surface area (Å²) in [4.78, 5) is 12.2. The number of ether oxygens (including phenoxy) is 1. The van der Waals surface area contributed by atoms with Gasteiger partial charge in [0.2, 0.25) is 5.91 Å². The molecule has 0 aliphatic rings. The van der Waals surface area contributed by atoms with E-state index >= 15 is 0 Å². The van der Waals surface area contributed by atoms with Crippen molar-refractivity contribution in [2.24, 2.45) is 11.7 Å². The van der Waals surface area contributed by atoms with Crippen LogP contribution >= 0.6 is 12.4 Å². The minimum atomic E-state index is -4.47. The number of nitrogens with one attached hydrogen (secondary N) is 1. The third kappa shape index (κ3) is 7.56. The van der Waals surface area contributed by atoms with Crippen LogP contribution in [0, 0.1) is 5.92 Å². The molecule has 29 heavy (non-hydrogen) atoms. The molecule has 160 valence electrons. The predicted octanol–water partition coefficient (Wildman–Crippen LogP) is 3.32. The highest BCUT2D eigenvalue weighted by Gasteiger charge is 2.30. The van der Waals surface area contributed by atoms with Crippen LogP contribution in [0.4, 0.5) is 13.2 Å². The van der Waals surface area contributed by atoms with Crippen molar-refractivity contribution in [3.63, 3.8) is 0 Å². The Morgan fingerprint density at radius 2 is 1.83 bits per heavy atom. The summed E-state index contributed by atoms with van der Waals surface area (Å²) in [5.74, 6) is -0.881. The molecule has 0 aliphatic heterocycles. The lowest BCUT2D eigenvalue weighted by atomic mass is 9.94. The molecule has 0 saturated heterocycles. The van der Waals surface area contributed by atoms with Crippen molar-refractivity contribution >= 4 is 18.3 Å². The molecular weight excluding hydrogens is 409 g/mol. The SMILES string of the molecule is CC(C(=O)NCC(O)COc1cccc(C(F)(F)F)c1)C(N)c1ccccc1.Cl. The molecule has 2 aromatic carbocycles. The molecule has 9 heteroatoms. The molecule has 2 rings (SSSR count). The van der Waals surface area contributed by atoms with E-state index in [0.29, 0.717) is 0 Å². The zero-order valence-electron chi connectivity index (χ0n) is 15.7. The van der Waals surface area contributed by atoms with Crippen molar-refractivity contribution in [1.82, 2.24) is 5.32 Å². The molecule has 5 nitrogen and oxygen atoms in total. The van der Waals surface area contributed by atoms with Crippen molar-refractivity contribution in [1.29, 1.82) is 0 Å². The van der Waals surface area contributed by atoms with Crippen molar-refractivity contribution in [3.8, 4) is 5.75 Å². The minimum absolute atomic E-state index is 0. The third-order valence-electron chi connectivity index (χ3n) is 4.25. The second-order valence-electron chi connectivity index (χ2n) is 6.46. The average molecular weight is 433 g/mol. The highest BCUT2D eigenvalue weighted by Crippen LogP contribution is 2.31. The van der Waals surface area contributed by atoms with E-state index in [0.717, 1.165) is 17.7 Å². The van der Waals surface area contributed by atoms with Gasteiger partial charge in [-0.3, -0.25) is 4.79 Å². The number of carbonyl (C=O) groups excluding carboxylic acids is 1. The number of amides is 1. The fraction of sp³-hybridized carbons (Fsp3) is 0.350. The van der Waals surface area contributed by atoms with Crippen LogP contribution in [0.15, 0.2) is 54.6 Å². The summed E-state index contributed by atoms with van der Waals surface area (Å²) < 4.78 is 43.2. The van der Waals surface area contributed by atoms with Crippen molar-refractivity contribution in [3.05, 3.63) is 65.7 Å². The second kappa shape index (κ2) is 11.0. The Morgan fingerprint density at radius 3 is 2.45 bits per heavy atom. The lowest BCUT2D eigenvalue weighted by Crippen LogP contribution is -2.40. The van der Waals surface area contributed by atoms with E-state index in [1.165, 1.54) is 12.1 Å².